The predicted molar refractivity (Wildman–Crippen MR) is 51.2 cm³/mol. The third kappa shape index (κ3) is 4.63. The Balaban J connectivity index is 0.00000169. The zero-order valence-corrected chi connectivity index (χ0v) is 9.61. The quantitative estimate of drug-likeness (QED) is 0.567. The molecule has 0 saturated heterocycles. The molecule has 0 saturated carbocycles. The zero-order valence-electron chi connectivity index (χ0n) is 8.86. The van der Waals surface area contributed by atoms with Gasteiger partial charge >= 0.3 is 0 Å². The van der Waals surface area contributed by atoms with E-state index in [2.05, 4.69) is 17.7 Å². The summed E-state index contributed by atoms with van der Waals surface area (Å²) in [7, 11) is 0. The van der Waals surface area contributed by atoms with E-state index in [-0.39, 0.29) is 18.5 Å². The van der Waals surface area contributed by atoms with Crippen molar-refractivity contribution < 1.29 is 22.1 Å². The summed E-state index contributed by atoms with van der Waals surface area (Å²) in [6.07, 6.45) is 8.26. The van der Waals surface area contributed by atoms with Gasteiger partial charge in [-0.15, -0.1) is 0 Å². The van der Waals surface area contributed by atoms with Gasteiger partial charge in [-0.25, -0.2) is 9.13 Å². The highest BCUT2D eigenvalue weighted by Gasteiger charge is 2.05. The first-order valence-electron chi connectivity index (χ1n) is 4.95. The van der Waals surface area contributed by atoms with Crippen LogP contribution >= 0.6 is 0 Å². The van der Waals surface area contributed by atoms with E-state index in [0.717, 1.165) is 6.54 Å². The van der Waals surface area contributed by atoms with Gasteiger partial charge in [-0.3, -0.25) is 0 Å². The Morgan fingerprint density at radius 3 is 2.79 bits per heavy atom. The molecule has 1 N–H and O–H groups in total. The highest BCUT2D eigenvalue weighted by atomic mass is 35.5. The number of hydrogen-bond donors (Lipinski definition) is 1. The van der Waals surface area contributed by atoms with Crippen LogP contribution in [0.25, 0.3) is 0 Å². The largest absolute Gasteiger partial charge is 1.00 e. The number of hydrogen-bond acceptors (Lipinski definition) is 1. The van der Waals surface area contributed by atoms with Crippen LogP contribution in [0.4, 0.5) is 0 Å². The lowest BCUT2D eigenvalue weighted by atomic mass is 10.3. The summed E-state index contributed by atoms with van der Waals surface area (Å²) in [5, 5.41) is 9.16. The maximum atomic E-state index is 9.16. The number of aliphatic hydroxyl groups excluding tert-OH is 1. The van der Waals surface area contributed by atoms with Crippen molar-refractivity contribution in [3.8, 4) is 0 Å². The number of rotatable bonds is 5. The lowest BCUT2D eigenvalue weighted by molar-refractivity contribution is -0.702. The van der Waals surface area contributed by atoms with Crippen LogP contribution in [-0.2, 0) is 13.1 Å². The molecule has 14 heavy (non-hydrogen) atoms. The second-order valence-electron chi connectivity index (χ2n) is 3.55. The fourth-order valence-corrected chi connectivity index (χ4v) is 1.32. The van der Waals surface area contributed by atoms with Gasteiger partial charge in [-0.1, -0.05) is 13.3 Å². The van der Waals surface area contributed by atoms with Crippen LogP contribution in [0.2, 0.25) is 0 Å². The molecule has 0 amide bonds. The molecule has 0 aliphatic carbocycles. The molecule has 0 radical (unpaired) electrons. The summed E-state index contributed by atoms with van der Waals surface area (Å²) in [5.41, 5.74) is 0. The molecule has 1 atom stereocenters. The summed E-state index contributed by atoms with van der Waals surface area (Å²) in [5.74, 6) is 0. The molecule has 1 aromatic heterocycles. The van der Waals surface area contributed by atoms with Gasteiger partial charge in [0.15, 0.2) is 0 Å². The third-order valence-corrected chi connectivity index (χ3v) is 1.99. The van der Waals surface area contributed by atoms with E-state index in [1.165, 1.54) is 12.8 Å². The van der Waals surface area contributed by atoms with Crippen LogP contribution in [0.1, 0.15) is 26.7 Å². The standard InChI is InChI=1S/C10H19N2O.ClH/c1-3-4-5-11-6-7-12(9-11)8-10(2)13;/h6-7,9-10,13H,3-5,8H2,1-2H3;1H/q+1;/p-1. The van der Waals surface area contributed by atoms with Gasteiger partial charge in [-0.2, -0.15) is 0 Å². The van der Waals surface area contributed by atoms with E-state index < -0.39 is 0 Å². The van der Waals surface area contributed by atoms with E-state index in [1.807, 2.05) is 17.1 Å². The monoisotopic (exact) mass is 218 g/mol. The van der Waals surface area contributed by atoms with Gasteiger partial charge in [0.25, 0.3) is 0 Å². The number of unbranched alkanes of at least 4 members (excludes halogenated alkanes) is 1. The maximum absolute atomic E-state index is 9.16. The molecule has 4 heteroatoms. The first kappa shape index (κ1) is 13.5. The Morgan fingerprint density at radius 2 is 2.21 bits per heavy atom. The topological polar surface area (TPSA) is 29.0 Å². The summed E-state index contributed by atoms with van der Waals surface area (Å²) in [6.45, 7) is 5.74. The van der Waals surface area contributed by atoms with Crippen molar-refractivity contribution in [1.82, 2.24) is 4.57 Å². The van der Waals surface area contributed by atoms with Crippen LogP contribution in [0.3, 0.4) is 0 Å². The average molecular weight is 219 g/mol. The van der Waals surface area contributed by atoms with Crippen LogP contribution in [0.15, 0.2) is 18.7 Å². The molecular formula is C10H19ClN2O. The van der Waals surface area contributed by atoms with E-state index >= 15 is 0 Å². The Labute approximate surface area is 91.8 Å². The van der Waals surface area contributed by atoms with Gasteiger partial charge in [-0.05, 0) is 13.3 Å². The maximum Gasteiger partial charge on any atom is 0.243 e. The fourth-order valence-electron chi connectivity index (χ4n) is 1.32. The van der Waals surface area contributed by atoms with Crippen molar-refractivity contribution >= 4 is 0 Å². The molecule has 0 aliphatic heterocycles. The molecule has 82 valence electrons. The van der Waals surface area contributed by atoms with Crippen molar-refractivity contribution in [2.45, 2.75) is 45.9 Å². The molecule has 1 unspecified atom stereocenters. The summed E-state index contributed by atoms with van der Waals surface area (Å²) >= 11 is 0. The van der Waals surface area contributed by atoms with Gasteiger partial charge < -0.3 is 17.5 Å². The Hall–Kier alpha value is -0.540. The first-order chi connectivity index (χ1) is 6.22. The number of aromatic nitrogens is 2. The van der Waals surface area contributed by atoms with Gasteiger partial charge in [0.1, 0.15) is 18.9 Å². The van der Waals surface area contributed by atoms with E-state index in [4.69, 9.17) is 5.11 Å². The number of halogens is 1. The van der Waals surface area contributed by atoms with Crippen LogP contribution in [0.5, 0.6) is 0 Å². The number of imidazole rings is 1. The van der Waals surface area contributed by atoms with Crippen molar-refractivity contribution in [2.75, 3.05) is 0 Å². The molecule has 0 spiro atoms. The Bertz CT molecular complexity index is 248. The summed E-state index contributed by atoms with van der Waals surface area (Å²) in [4.78, 5) is 0. The molecule has 0 fully saturated rings. The minimum Gasteiger partial charge on any atom is -1.00 e. The highest BCUT2D eigenvalue weighted by Crippen LogP contribution is 1.93. The Morgan fingerprint density at radius 1 is 1.50 bits per heavy atom. The van der Waals surface area contributed by atoms with E-state index in [0.29, 0.717) is 6.54 Å². The van der Waals surface area contributed by atoms with Crippen molar-refractivity contribution in [2.24, 2.45) is 0 Å². The average Bonchev–Trinajstić information content (AvgIpc) is 2.48. The van der Waals surface area contributed by atoms with Crippen molar-refractivity contribution in [3.05, 3.63) is 18.7 Å². The smallest absolute Gasteiger partial charge is 0.243 e. The zero-order chi connectivity index (χ0) is 9.68. The van der Waals surface area contributed by atoms with E-state index in [9.17, 15) is 0 Å². The van der Waals surface area contributed by atoms with Gasteiger partial charge in [0.05, 0.1) is 12.6 Å². The highest BCUT2D eigenvalue weighted by molar-refractivity contribution is 4.66. The third-order valence-electron chi connectivity index (χ3n) is 1.99. The number of nitrogens with zero attached hydrogens (tertiary/aromatic N) is 2. The van der Waals surface area contributed by atoms with E-state index in [1.54, 1.807) is 6.92 Å². The van der Waals surface area contributed by atoms with Crippen LogP contribution < -0.4 is 17.0 Å². The molecular weight excluding hydrogens is 200 g/mol. The minimum absolute atomic E-state index is 0. The molecule has 0 aliphatic rings. The molecule has 0 aromatic carbocycles. The fraction of sp³-hybridized carbons (Fsp3) is 0.700. The molecule has 1 aromatic rings. The Kier molecular flexibility index (Phi) is 6.58. The number of aliphatic hydroxyl groups is 1. The minimum atomic E-state index is -0.271. The second kappa shape index (κ2) is 6.85. The lowest BCUT2D eigenvalue weighted by Gasteiger charge is -1.98. The van der Waals surface area contributed by atoms with Crippen molar-refractivity contribution in [3.63, 3.8) is 0 Å². The number of aryl methyl sites for hydroxylation is 1. The molecule has 3 nitrogen and oxygen atoms in total. The SMILES string of the molecule is CCCCn1cc[n+](CC(C)O)c1.[Cl-]. The molecule has 1 rings (SSSR count). The normalized spacial score (nSPS) is 12.2. The predicted octanol–water partition coefficient (Wildman–Crippen LogP) is -2.04. The summed E-state index contributed by atoms with van der Waals surface area (Å²) < 4.78 is 4.17. The lowest BCUT2D eigenvalue weighted by Crippen LogP contribution is -3.00. The molecule has 0 bridgehead atoms. The van der Waals surface area contributed by atoms with Crippen LogP contribution in [0, 0.1) is 0 Å². The summed E-state index contributed by atoms with van der Waals surface area (Å²) in [6, 6.07) is 0. The van der Waals surface area contributed by atoms with Crippen LogP contribution in [-0.4, -0.2) is 15.8 Å². The van der Waals surface area contributed by atoms with Crippen molar-refractivity contribution in [1.29, 1.82) is 0 Å². The van der Waals surface area contributed by atoms with Gasteiger partial charge in [0, 0.05) is 0 Å². The molecule has 1 heterocycles. The first-order valence-corrected chi connectivity index (χ1v) is 4.95. The second-order valence-corrected chi connectivity index (χ2v) is 3.55. The van der Waals surface area contributed by atoms with Gasteiger partial charge in [0.2, 0.25) is 6.33 Å².